The van der Waals surface area contributed by atoms with E-state index in [1.807, 2.05) is 50.2 Å². The van der Waals surface area contributed by atoms with Gasteiger partial charge in [-0.3, -0.25) is 9.59 Å². The predicted octanol–water partition coefficient (Wildman–Crippen LogP) is 7.60. The molecule has 0 aromatic heterocycles. The van der Waals surface area contributed by atoms with E-state index in [0.717, 1.165) is 23.1 Å². The molecule has 0 saturated carbocycles. The first-order chi connectivity index (χ1) is 18.2. The van der Waals surface area contributed by atoms with Crippen LogP contribution in [-0.2, 0) is 29.0 Å². The predicted molar refractivity (Wildman–Crippen MR) is 158 cm³/mol. The normalized spacial score (nSPS) is 12.7. The summed E-state index contributed by atoms with van der Waals surface area (Å²) in [7, 11) is 0. The Morgan fingerprint density at radius 1 is 0.895 bits per heavy atom. The maximum Gasteiger partial charge on any atom is 0.243 e. The fraction of sp³-hybridized carbons (Fsp3) is 0.375. The van der Waals surface area contributed by atoms with Gasteiger partial charge in [0.1, 0.15) is 6.04 Å². The maximum atomic E-state index is 13.8. The number of hydrogen-bond donors (Lipinski definition) is 1. The summed E-state index contributed by atoms with van der Waals surface area (Å²) in [5.41, 5.74) is 4.10. The molecule has 0 bridgehead atoms. The van der Waals surface area contributed by atoms with Gasteiger partial charge in [-0.15, -0.1) is 0 Å². The van der Waals surface area contributed by atoms with E-state index in [-0.39, 0.29) is 30.8 Å². The molecule has 6 heteroatoms. The van der Waals surface area contributed by atoms with Crippen molar-refractivity contribution in [1.82, 2.24) is 10.2 Å². The quantitative estimate of drug-likeness (QED) is 0.251. The molecular weight excluding hydrogens is 515 g/mol. The summed E-state index contributed by atoms with van der Waals surface area (Å²) in [6.45, 7) is 8.54. The summed E-state index contributed by atoms with van der Waals surface area (Å²) in [5, 5.41) is 4.10. The van der Waals surface area contributed by atoms with Gasteiger partial charge in [0.15, 0.2) is 0 Å². The fourth-order valence-electron chi connectivity index (χ4n) is 4.29. The summed E-state index contributed by atoms with van der Waals surface area (Å²) >= 11 is 12.6. The van der Waals surface area contributed by atoms with E-state index in [1.165, 1.54) is 5.56 Å². The Morgan fingerprint density at radius 2 is 1.58 bits per heavy atom. The highest BCUT2D eigenvalue weighted by atomic mass is 35.5. The molecular formula is C32H38Cl2N2O2. The van der Waals surface area contributed by atoms with Gasteiger partial charge in [0, 0.05) is 35.5 Å². The molecule has 2 atom stereocenters. The Hall–Kier alpha value is -2.82. The molecule has 3 aromatic rings. The van der Waals surface area contributed by atoms with Crippen molar-refractivity contribution in [2.24, 2.45) is 0 Å². The minimum absolute atomic E-state index is 0.00341. The lowest BCUT2D eigenvalue weighted by atomic mass is 9.99. The second kappa shape index (κ2) is 14.4. The number of halogens is 2. The van der Waals surface area contributed by atoms with E-state index < -0.39 is 6.04 Å². The van der Waals surface area contributed by atoms with E-state index in [4.69, 9.17) is 23.2 Å². The van der Waals surface area contributed by atoms with Crippen LogP contribution >= 0.6 is 23.2 Å². The highest BCUT2D eigenvalue weighted by molar-refractivity contribution is 6.35. The van der Waals surface area contributed by atoms with Crippen LogP contribution in [0.1, 0.15) is 68.7 Å². The van der Waals surface area contributed by atoms with Crippen LogP contribution in [-0.4, -0.2) is 28.8 Å². The molecule has 0 aliphatic carbocycles. The minimum atomic E-state index is -0.686. The van der Waals surface area contributed by atoms with Gasteiger partial charge in [0.2, 0.25) is 11.8 Å². The summed E-state index contributed by atoms with van der Waals surface area (Å²) in [4.78, 5) is 29.1. The lowest BCUT2D eigenvalue weighted by Gasteiger charge is -2.32. The van der Waals surface area contributed by atoms with Gasteiger partial charge in [-0.05, 0) is 60.1 Å². The standard InChI is InChI=1S/C32H38Cl2N2O2/c1-5-23(4)35-32(38)30(19-25-9-7-6-8-10-25)36(21-27-16-17-28(33)20-29(27)34)31(37)18-13-24-11-14-26(15-12-24)22(2)3/h6-12,14-17,20,22-23,30H,5,13,18-19,21H2,1-4H3,(H,35,38)/t23-,30+/m1/s1. The van der Waals surface area contributed by atoms with Crippen molar-refractivity contribution in [2.45, 2.75) is 77.9 Å². The molecule has 0 saturated heterocycles. The topological polar surface area (TPSA) is 49.4 Å². The molecule has 1 N–H and O–H groups in total. The van der Waals surface area contributed by atoms with E-state index in [2.05, 4.69) is 43.4 Å². The first-order valence-electron chi connectivity index (χ1n) is 13.3. The zero-order valence-corrected chi connectivity index (χ0v) is 24.2. The second-order valence-corrected chi connectivity index (χ2v) is 11.0. The van der Waals surface area contributed by atoms with Crippen molar-refractivity contribution in [1.29, 1.82) is 0 Å². The minimum Gasteiger partial charge on any atom is -0.352 e. The van der Waals surface area contributed by atoms with Gasteiger partial charge in [-0.2, -0.15) is 0 Å². The van der Waals surface area contributed by atoms with Gasteiger partial charge in [0.05, 0.1) is 0 Å². The number of carbonyl (C=O) groups is 2. The van der Waals surface area contributed by atoms with E-state index in [0.29, 0.717) is 28.8 Å². The smallest absolute Gasteiger partial charge is 0.243 e. The molecule has 38 heavy (non-hydrogen) atoms. The molecule has 0 spiro atoms. The number of amides is 2. The molecule has 0 fully saturated rings. The van der Waals surface area contributed by atoms with E-state index >= 15 is 0 Å². The molecule has 0 heterocycles. The number of rotatable bonds is 12. The number of benzene rings is 3. The van der Waals surface area contributed by atoms with Crippen molar-refractivity contribution >= 4 is 35.0 Å². The van der Waals surface area contributed by atoms with Gasteiger partial charge < -0.3 is 10.2 Å². The average Bonchev–Trinajstić information content (AvgIpc) is 2.91. The van der Waals surface area contributed by atoms with Gasteiger partial charge in [0.25, 0.3) is 0 Å². The van der Waals surface area contributed by atoms with Crippen LogP contribution in [0.25, 0.3) is 0 Å². The summed E-state index contributed by atoms with van der Waals surface area (Å²) in [5.74, 6) is 0.195. The highest BCUT2D eigenvalue weighted by Crippen LogP contribution is 2.25. The van der Waals surface area contributed by atoms with Crippen molar-refractivity contribution in [2.75, 3.05) is 0 Å². The Balaban J connectivity index is 1.92. The number of nitrogens with one attached hydrogen (secondary N) is 1. The van der Waals surface area contributed by atoms with Crippen molar-refractivity contribution in [3.63, 3.8) is 0 Å². The highest BCUT2D eigenvalue weighted by Gasteiger charge is 2.31. The third-order valence-corrected chi connectivity index (χ3v) is 7.49. The largest absolute Gasteiger partial charge is 0.352 e. The molecule has 3 aromatic carbocycles. The Morgan fingerprint density at radius 3 is 2.18 bits per heavy atom. The zero-order valence-electron chi connectivity index (χ0n) is 22.7. The summed E-state index contributed by atoms with van der Waals surface area (Å²) in [6, 6.07) is 22.8. The van der Waals surface area contributed by atoms with Crippen LogP contribution < -0.4 is 5.32 Å². The van der Waals surface area contributed by atoms with Crippen LogP contribution in [0.2, 0.25) is 10.0 Å². The Bertz CT molecular complexity index is 1200. The maximum absolute atomic E-state index is 13.8. The zero-order chi connectivity index (χ0) is 27.7. The average molecular weight is 554 g/mol. The fourth-order valence-corrected chi connectivity index (χ4v) is 4.76. The SMILES string of the molecule is CC[C@@H](C)NC(=O)[C@H](Cc1ccccc1)N(Cc1ccc(Cl)cc1Cl)C(=O)CCc1ccc(C(C)C)cc1. The van der Waals surface area contributed by atoms with Crippen molar-refractivity contribution in [3.8, 4) is 0 Å². The number of carbonyl (C=O) groups excluding carboxylic acids is 2. The molecule has 0 aliphatic heterocycles. The van der Waals surface area contributed by atoms with Gasteiger partial charge in [-0.1, -0.05) is 105 Å². The molecule has 202 valence electrons. The van der Waals surface area contributed by atoms with Crippen molar-refractivity contribution < 1.29 is 9.59 Å². The van der Waals surface area contributed by atoms with E-state index in [1.54, 1.807) is 17.0 Å². The first kappa shape index (κ1) is 29.7. The van der Waals surface area contributed by atoms with E-state index in [9.17, 15) is 9.59 Å². The molecule has 2 amide bonds. The Labute approximate surface area is 237 Å². The Kier molecular flexibility index (Phi) is 11.2. The number of aryl methyl sites for hydroxylation is 1. The lowest BCUT2D eigenvalue weighted by molar-refractivity contribution is -0.141. The van der Waals surface area contributed by atoms with Crippen LogP contribution in [0.5, 0.6) is 0 Å². The summed E-state index contributed by atoms with van der Waals surface area (Å²) < 4.78 is 0. The monoisotopic (exact) mass is 552 g/mol. The number of nitrogens with zero attached hydrogens (tertiary/aromatic N) is 1. The molecule has 4 nitrogen and oxygen atoms in total. The lowest BCUT2D eigenvalue weighted by Crippen LogP contribution is -2.52. The molecule has 0 aliphatic rings. The number of hydrogen-bond acceptors (Lipinski definition) is 2. The van der Waals surface area contributed by atoms with Crippen molar-refractivity contribution in [3.05, 3.63) is 105 Å². The van der Waals surface area contributed by atoms with Crippen LogP contribution in [0.15, 0.2) is 72.8 Å². The third-order valence-electron chi connectivity index (χ3n) is 6.90. The third kappa shape index (κ3) is 8.61. The van der Waals surface area contributed by atoms with Gasteiger partial charge >= 0.3 is 0 Å². The van der Waals surface area contributed by atoms with Crippen LogP contribution in [0.4, 0.5) is 0 Å². The van der Waals surface area contributed by atoms with Crippen LogP contribution in [0, 0.1) is 0 Å². The van der Waals surface area contributed by atoms with Gasteiger partial charge in [-0.25, -0.2) is 0 Å². The van der Waals surface area contributed by atoms with Crippen LogP contribution in [0.3, 0.4) is 0 Å². The molecule has 0 radical (unpaired) electrons. The first-order valence-corrected chi connectivity index (χ1v) is 14.1. The molecule has 0 unspecified atom stereocenters. The molecule has 3 rings (SSSR count). The summed E-state index contributed by atoms with van der Waals surface area (Å²) in [6.07, 6.45) is 2.08. The second-order valence-electron chi connectivity index (χ2n) is 10.2.